The summed E-state index contributed by atoms with van der Waals surface area (Å²) in [7, 11) is 5.21. The molecule has 0 aliphatic heterocycles. The van der Waals surface area contributed by atoms with Crippen LogP contribution in [0, 0.1) is 0 Å². The number of aliphatic carboxylic acids is 1. The molecule has 7 nitrogen and oxygen atoms in total. The Bertz CT molecular complexity index is 951. The van der Waals surface area contributed by atoms with Gasteiger partial charge in [0.1, 0.15) is 30.6 Å². The maximum absolute atomic E-state index is 13.9. The Morgan fingerprint density at radius 1 is 1.09 bits per heavy atom. The average Bonchev–Trinajstić information content (AvgIpc) is 2.79. The van der Waals surface area contributed by atoms with Crippen LogP contribution in [0.1, 0.15) is 24.0 Å². The number of carbonyl (C=O) groups is 2. The third-order valence-corrected chi connectivity index (χ3v) is 5.06. The van der Waals surface area contributed by atoms with E-state index in [2.05, 4.69) is 0 Å². The standard InChI is InChI=1S/C25H31F2NO6/c1-28(2)14-13-21(34-24(31)25(26,27)16-23(29)30)17-33-22-10-5-4-8-19(22)12-11-18-7-6-9-20(15-18)32-3/h4-10,15,21H,11-14,16-17H2,1-3H3,(H,29,30)/t21-/m1/s1. The Morgan fingerprint density at radius 3 is 2.50 bits per heavy atom. The van der Waals surface area contributed by atoms with Gasteiger partial charge >= 0.3 is 17.9 Å². The average molecular weight is 480 g/mol. The molecule has 9 heteroatoms. The normalized spacial score (nSPS) is 12.3. The van der Waals surface area contributed by atoms with Crippen LogP contribution >= 0.6 is 0 Å². The highest BCUT2D eigenvalue weighted by atomic mass is 19.3. The lowest BCUT2D eigenvalue weighted by Crippen LogP contribution is -2.38. The van der Waals surface area contributed by atoms with Crippen molar-refractivity contribution in [1.29, 1.82) is 0 Å². The number of carbonyl (C=O) groups excluding carboxylic acids is 1. The number of nitrogens with zero attached hydrogens (tertiary/aromatic N) is 1. The van der Waals surface area contributed by atoms with Gasteiger partial charge in [0.2, 0.25) is 0 Å². The molecule has 0 heterocycles. The molecule has 0 radical (unpaired) electrons. The summed E-state index contributed by atoms with van der Waals surface area (Å²) in [5.74, 6) is -6.43. The van der Waals surface area contributed by atoms with E-state index in [1.165, 1.54) is 0 Å². The SMILES string of the molecule is COc1cccc(CCc2ccccc2OC[C@@H](CCN(C)C)OC(=O)C(F)(F)CC(=O)O)c1. The number of rotatable bonds is 14. The van der Waals surface area contributed by atoms with Gasteiger partial charge in [-0.05, 0) is 56.3 Å². The number of hydrogen-bond donors (Lipinski definition) is 1. The predicted molar refractivity (Wildman–Crippen MR) is 123 cm³/mol. The summed E-state index contributed by atoms with van der Waals surface area (Å²) in [6.45, 7) is 0.322. The van der Waals surface area contributed by atoms with Crippen LogP contribution in [0.15, 0.2) is 48.5 Å². The van der Waals surface area contributed by atoms with Crippen molar-refractivity contribution in [3.05, 3.63) is 59.7 Å². The van der Waals surface area contributed by atoms with E-state index in [0.717, 1.165) is 23.3 Å². The van der Waals surface area contributed by atoms with Gasteiger partial charge in [-0.1, -0.05) is 30.3 Å². The minimum absolute atomic E-state index is 0.140. The number of benzene rings is 2. The first kappa shape index (κ1) is 27.0. The molecule has 0 saturated heterocycles. The Balaban J connectivity index is 2.06. The fraction of sp³-hybridized carbons (Fsp3) is 0.440. The largest absolute Gasteiger partial charge is 0.497 e. The smallest absolute Gasteiger partial charge is 0.378 e. The molecule has 0 bridgehead atoms. The molecule has 0 fully saturated rings. The molecule has 34 heavy (non-hydrogen) atoms. The maximum atomic E-state index is 13.9. The molecule has 0 saturated carbocycles. The third kappa shape index (κ3) is 8.97. The second-order valence-electron chi connectivity index (χ2n) is 8.16. The van der Waals surface area contributed by atoms with Gasteiger partial charge in [-0.25, -0.2) is 4.79 Å². The van der Waals surface area contributed by atoms with Gasteiger partial charge in [-0.3, -0.25) is 4.79 Å². The first-order valence-corrected chi connectivity index (χ1v) is 10.9. The lowest BCUT2D eigenvalue weighted by atomic mass is 10.0. The van der Waals surface area contributed by atoms with Gasteiger partial charge in [0.25, 0.3) is 0 Å². The fourth-order valence-electron chi connectivity index (χ4n) is 3.22. The first-order valence-electron chi connectivity index (χ1n) is 10.9. The molecule has 0 aliphatic carbocycles. The van der Waals surface area contributed by atoms with E-state index in [0.29, 0.717) is 18.7 Å². The van der Waals surface area contributed by atoms with Crippen LogP contribution < -0.4 is 9.47 Å². The van der Waals surface area contributed by atoms with E-state index in [-0.39, 0.29) is 13.0 Å². The van der Waals surface area contributed by atoms with Gasteiger partial charge in [0, 0.05) is 13.0 Å². The zero-order valence-electron chi connectivity index (χ0n) is 19.6. The van der Waals surface area contributed by atoms with Gasteiger partial charge in [0.05, 0.1) is 7.11 Å². The number of halogens is 2. The molecule has 2 aromatic carbocycles. The van der Waals surface area contributed by atoms with Crippen molar-refractivity contribution in [2.24, 2.45) is 0 Å². The highest BCUT2D eigenvalue weighted by Gasteiger charge is 2.44. The number of esters is 1. The van der Waals surface area contributed by atoms with Crippen molar-refractivity contribution in [3.63, 3.8) is 0 Å². The van der Waals surface area contributed by atoms with Crippen molar-refractivity contribution in [3.8, 4) is 11.5 Å². The molecule has 186 valence electrons. The zero-order chi connectivity index (χ0) is 25.1. The number of carboxylic acids is 1. The Kier molecular flexibility index (Phi) is 10.2. The predicted octanol–water partition coefficient (Wildman–Crippen LogP) is 3.83. The van der Waals surface area contributed by atoms with Crippen LogP contribution in [0.4, 0.5) is 8.78 Å². The summed E-state index contributed by atoms with van der Waals surface area (Å²) in [5, 5.41) is 8.63. The number of hydrogen-bond acceptors (Lipinski definition) is 6. The molecule has 0 unspecified atom stereocenters. The number of methoxy groups -OCH3 is 1. The van der Waals surface area contributed by atoms with Crippen molar-refractivity contribution in [2.75, 3.05) is 34.4 Å². The number of alkyl halides is 2. The summed E-state index contributed by atoms with van der Waals surface area (Å²) in [6.07, 6.45) is -0.949. The molecule has 0 amide bonds. The molecule has 0 aromatic heterocycles. The van der Waals surface area contributed by atoms with Crippen LogP contribution in [-0.4, -0.2) is 68.3 Å². The minimum Gasteiger partial charge on any atom is -0.497 e. The molecule has 0 aliphatic rings. The first-order chi connectivity index (χ1) is 16.1. The molecule has 2 aromatic rings. The summed E-state index contributed by atoms with van der Waals surface area (Å²) in [4.78, 5) is 24.4. The molecule has 1 atom stereocenters. The number of para-hydroxylation sites is 1. The van der Waals surface area contributed by atoms with Crippen LogP contribution in [0.3, 0.4) is 0 Å². The topological polar surface area (TPSA) is 85.3 Å². The van der Waals surface area contributed by atoms with E-state index in [4.69, 9.17) is 19.3 Å². The highest BCUT2D eigenvalue weighted by molar-refractivity contribution is 5.83. The van der Waals surface area contributed by atoms with Gasteiger partial charge in [-0.15, -0.1) is 0 Å². The zero-order valence-corrected chi connectivity index (χ0v) is 19.6. The van der Waals surface area contributed by atoms with Crippen LogP contribution in [0.2, 0.25) is 0 Å². The third-order valence-electron chi connectivity index (χ3n) is 5.06. The van der Waals surface area contributed by atoms with Crippen LogP contribution in [0.5, 0.6) is 11.5 Å². The summed E-state index contributed by atoms with van der Waals surface area (Å²) in [5.41, 5.74) is 2.01. The molecule has 2 rings (SSSR count). The summed E-state index contributed by atoms with van der Waals surface area (Å²) < 4.78 is 43.8. The van der Waals surface area contributed by atoms with E-state index >= 15 is 0 Å². The van der Waals surface area contributed by atoms with E-state index in [1.807, 2.05) is 41.3 Å². The minimum atomic E-state index is -4.11. The summed E-state index contributed by atoms with van der Waals surface area (Å²) >= 11 is 0. The van der Waals surface area contributed by atoms with Gasteiger partial charge in [0.15, 0.2) is 0 Å². The van der Waals surface area contributed by atoms with Crippen molar-refractivity contribution >= 4 is 11.9 Å². The molecule has 1 N–H and O–H groups in total. The molecular formula is C25H31F2NO6. The van der Waals surface area contributed by atoms with Crippen LogP contribution in [0.25, 0.3) is 0 Å². The highest BCUT2D eigenvalue weighted by Crippen LogP contribution is 2.24. The van der Waals surface area contributed by atoms with Crippen molar-refractivity contribution < 1.29 is 37.7 Å². The summed E-state index contributed by atoms with van der Waals surface area (Å²) in [6, 6.07) is 15.1. The maximum Gasteiger partial charge on any atom is 0.378 e. The van der Waals surface area contributed by atoms with Crippen molar-refractivity contribution in [2.45, 2.75) is 37.7 Å². The Morgan fingerprint density at radius 2 is 1.82 bits per heavy atom. The number of carboxylic acid groups (broad SMARTS) is 1. The molecule has 0 spiro atoms. The van der Waals surface area contributed by atoms with E-state index < -0.39 is 30.4 Å². The quantitative estimate of drug-likeness (QED) is 0.412. The Labute approximate surface area is 198 Å². The van der Waals surface area contributed by atoms with Gasteiger partial charge in [-0.2, -0.15) is 8.78 Å². The number of ether oxygens (including phenoxy) is 3. The van der Waals surface area contributed by atoms with E-state index in [1.54, 1.807) is 33.3 Å². The lowest BCUT2D eigenvalue weighted by Gasteiger charge is -2.23. The lowest BCUT2D eigenvalue weighted by molar-refractivity contribution is -0.184. The van der Waals surface area contributed by atoms with Gasteiger partial charge < -0.3 is 24.2 Å². The Hall–Kier alpha value is -3.20. The van der Waals surface area contributed by atoms with Crippen molar-refractivity contribution in [1.82, 2.24) is 4.90 Å². The molecular weight excluding hydrogens is 448 g/mol. The monoisotopic (exact) mass is 479 g/mol. The number of aryl methyl sites for hydroxylation is 2. The van der Waals surface area contributed by atoms with Crippen LogP contribution in [-0.2, 0) is 27.2 Å². The van der Waals surface area contributed by atoms with E-state index in [9.17, 15) is 18.4 Å². The fourth-order valence-corrected chi connectivity index (χ4v) is 3.22. The second-order valence-corrected chi connectivity index (χ2v) is 8.16. The second kappa shape index (κ2) is 12.9.